The van der Waals surface area contributed by atoms with Crippen LogP contribution in [0.5, 0.6) is 0 Å². The monoisotopic (exact) mass is 260 g/mol. The van der Waals surface area contributed by atoms with E-state index >= 15 is 0 Å². The summed E-state index contributed by atoms with van der Waals surface area (Å²) in [6.07, 6.45) is 10.9. The Bertz CT molecular complexity index is 512. The SMILES string of the molecule is CC(=O)C1=C(C)NC(=S)NC1C1=CC=CC=CC1. The number of ketones is 1. The number of carbonyl (C=O) groups is 1. The summed E-state index contributed by atoms with van der Waals surface area (Å²) in [7, 11) is 0. The predicted octanol–water partition coefficient (Wildman–Crippen LogP) is 2.14. The molecule has 94 valence electrons. The number of nitrogens with one attached hydrogen (secondary N) is 2. The third-order valence-corrected chi connectivity index (χ3v) is 3.26. The van der Waals surface area contributed by atoms with Crippen molar-refractivity contribution in [1.29, 1.82) is 0 Å². The Kier molecular flexibility index (Phi) is 3.77. The minimum Gasteiger partial charge on any atom is -0.352 e. The average molecular weight is 260 g/mol. The first-order valence-electron chi connectivity index (χ1n) is 5.91. The lowest BCUT2D eigenvalue weighted by Gasteiger charge is -2.31. The number of hydrogen-bond donors (Lipinski definition) is 2. The predicted molar refractivity (Wildman–Crippen MR) is 77.0 cm³/mol. The van der Waals surface area contributed by atoms with Gasteiger partial charge in [-0.2, -0.15) is 0 Å². The maximum absolute atomic E-state index is 11.8. The molecule has 2 aliphatic rings. The van der Waals surface area contributed by atoms with Crippen LogP contribution in [0.4, 0.5) is 0 Å². The Morgan fingerprint density at radius 3 is 2.89 bits per heavy atom. The van der Waals surface area contributed by atoms with Crippen LogP contribution >= 0.6 is 12.2 Å². The number of carbonyl (C=O) groups excluding carboxylic acids is 1. The molecule has 0 aromatic carbocycles. The van der Waals surface area contributed by atoms with Gasteiger partial charge >= 0.3 is 0 Å². The quantitative estimate of drug-likeness (QED) is 0.746. The van der Waals surface area contributed by atoms with E-state index in [1.807, 2.05) is 31.2 Å². The second-order valence-corrected chi connectivity index (χ2v) is 4.79. The molecule has 1 aliphatic carbocycles. The fourth-order valence-corrected chi connectivity index (χ4v) is 2.52. The number of hydrogen-bond acceptors (Lipinski definition) is 2. The summed E-state index contributed by atoms with van der Waals surface area (Å²) in [6.45, 7) is 3.48. The van der Waals surface area contributed by atoms with Gasteiger partial charge in [0.15, 0.2) is 10.9 Å². The highest BCUT2D eigenvalue weighted by Gasteiger charge is 2.28. The van der Waals surface area contributed by atoms with Gasteiger partial charge in [0.2, 0.25) is 0 Å². The van der Waals surface area contributed by atoms with Crippen LogP contribution in [0.1, 0.15) is 20.3 Å². The summed E-state index contributed by atoms with van der Waals surface area (Å²) >= 11 is 5.17. The third-order valence-electron chi connectivity index (χ3n) is 3.04. The molecule has 0 spiro atoms. The lowest BCUT2D eigenvalue weighted by molar-refractivity contribution is -0.113. The molecule has 18 heavy (non-hydrogen) atoms. The fraction of sp³-hybridized carbons (Fsp3) is 0.286. The molecule has 0 fully saturated rings. The maximum atomic E-state index is 11.8. The zero-order chi connectivity index (χ0) is 13.1. The molecule has 0 aromatic heterocycles. The van der Waals surface area contributed by atoms with Gasteiger partial charge in [0.1, 0.15) is 0 Å². The Hall–Kier alpha value is -1.68. The van der Waals surface area contributed by atoms with Gasteiger partial charge in [-0.1, -0.05) is 30.4 Å². The molecule has 3 nitrogen and oxygen atoms in total. The van der Waals surface area contributed by atoms with Crippen molar-refractivity contribution in [3.05, 3.63) is 47.2 Å². The van der Waals surface area contributed by atoms with Crippen molar-refractivity contribution in [1.82, 2.24) is 10.6 Å². The van der Waals surface area contributed by atoms with Gasteiger partial charge in [0.05, 0.1) is 6.04 Å². The van der Waals surface area contributed by atoms with Crippen LogP contribution in [0.25, 0.3) is 0 Å². The van der Waals surface area contributed by atoms with Crippen LogP contribution in [0.15, 0.2) is 47.2 Å². The number of rotatable bonds is 2. The van der Waals surface area contributed by atoms with Crippen molar-refractivity contribution >= 4 is 23.1 Å². The Labute approximate surface area is 112 Å². The zero-order valence-electron chi connectivity index (χ0n) is 10.5. The van der Waals surface area contributed by atoms with Crippen LogP contribution in [-0.2, 0) is 4.79 Å². The van der Waals surface area contributed by atoms with Gasteiger partial charge in [-0.05, 0) is 38.1 Å². The van der Waals surface area contributed by atoms with Crippen molar-refractivity contribution < 1.29 is 4.79 Å². The van der Waals surface area contributed by atoms with Crippen LogP contribution in [0.2, 0.25) is 0 Å². The Balaban J connectivity index is 2.40. The third kappa shape index (κ3) is 2.59. The second-order valence-electron chi connectivity index (χ2n) is 4.39. The van der Waals surface area contributed by atoms with Gasteiger partial charge in [-0.15, -0.1) is 0 Å². The van der Waals surface area contributed by atoms with E-state index in [1.165, 1.54) is 0 Å². The summed E-state index contributed by atoms with van der Waals surface area (Å²) in [5, 5.41) is 6.76. The molecule has 4 heteroatoms. The molecular weight excluding hydrogens is 244 g/mol. The number of Topliss-reactive ketones (excluding diaryl/α,β-unsaturated/α-hetero) is 1. The van der Waals surface area contributed by atoms with Gasteiger partial charge < -0.3 is 10.6 Å². The highest BCUT2D eigenvalue weighted by molar-refractivity contribution is 7.80. The van der Waals surface area contributed by atoms with E-state index in [0.717, 1.165) is 23.3 Å². The first-order valence-corrected chi connectivity index (χ1v) is 6.32. The summed E-state index contributed by atoms with van der Waals surface area (Å²) in [5.41, 5.74) is 2.75. The lowest BCUT2D eigenvalue weighted by atomic mass is 9.91. The molecular formula is C14H16N2OS. The molecule has 0 bridgehead atoms. The van der Waals surface area contributed by atoms with Crippen molar-refractivity contribution in [2.24, 2.45) is 0 Å². The highest BCUT2D eigenvalue weighted by atomic mass is 32.1. The topological polar surface area (TPSA) is 41.1 Å². The van der Waals surface area contributed by atoms with E-state index in [0.29, 0.717) is 5.11 Å². The van der Waals surface area contributed by atoms with Crippen LogP contribution in [-0.4, -0.2) is 16.9 Å². The molecule has 0 saturated heterocycles. The van der Waals surface area contributed by atoms with E-state index in [9.17, 15) is 4.79 Å². The summed E-state index contributed by atoms with van der Waals surface area (Å²) in [4.78, 5) is 11.8. The molecule has 2 N–H and O–H groups in total. The van der Waals surface area contributed by atoms with Crippen molar-refractivity contribution in [2.45, 2.75) is 26.3 Å². The average Bonchev–Trinajstić information content (AvgIpc) is 2.55. The van der Waals surface area contributed by atoms with E-state index in [4.69, 9.17) is 12.2 Å². The molecule has 0 amide bonds. The van der Waals surface area contributed by atoms with Crippen molar-refractivity contribution in [3.8, 4) is 0 Å². The van der Waals surface area contributed by atoms with E-state index in [1.54, 1.807) is 6.92 Å². The van der Waals surface area contributed by atoms with Gasteiger partial charge in [0, 0.05) is 11.3 Å². The second kappa shape index (κ2) is 5.31. The molecule has 1 atom stereocenters. The van der Waals surface area contributed by atoms with E-state index in [-0.39, 0.29) is 11.8 Å². The van der Waals surface area contributed by atoms with Gasteiger partial charge in [-0.3, -0.25) is 4.79 Å². The highest BCUT2D eigenvalue weighted by Crippen LogP contribution is 2.23. The number of allylic oxidation sites excluding steroid dienone is 6. The number of thiocarbonyl (C=S) groups is 1. The molecule has 0 aromatic rings. The molecule has 2 rings (SSSR count). The summed E-state index contributed by atoms with van der Waals surface area (Å²) in [5.74, 6) is 0.0677. The minimum absolute atomic E-state index is 0.0677. The molecule has 0 radical (unpaired) electrons. The summed E-state index contributed by atoms with van der Waals surface area (Å²) in [6, 6.07) is -0.122. The lowest BCUT2D eigenvalue weighted by Crippen LogP contribution is -2.50. The maximum Gasteiger partial charge on any atom is 0.171 e. The van der Waals surface area contributed by atoms with E-state index in [2.05, 4.69) is 16.7 Å². The molecule has 1 heterocycles. The summed E-state index contributed by atoms with van der Waals surface area (Å²) < 4.78 is 0. The van der Waals surface area contributed by atoms with Crippen LogP contribution < -0.4 is 10.6 Å². The van der Waals surface area contributed by atoms with Crippen LogP contribution in [0, 0.1) is 0 Å². The molecule has 0 saturated carbocycles. The molecule has 1 unspecified atom stereocenters. The van der Waals surface area contributed by atoms with Gasteiger partial charge in [0.25, 0.3) is 0 Å². The Morgan fingerprint density at radius 2 is 2.17 bits per heavy atom. The van der Waals surface area contributed by atoms with Crippen molar-refractivity contribution in [2.75, 3.05) is 0 Å². The van der Waals surface area contributed by atoms with Gasteiger partial charge in [-0.25, -0.2) is 0 Å². The molecule has 1 aliphatic heterocycles. The minimum atomic E-state index is -0.122. The van der Waals surface area contributed by atoms with Crippen LogP contribution in [0.3, 0.4) is 0 Å². The van der Waals surface area contributed by atoms with E-state index < -0.39 is 0 Å². The fourth-order valence-electron chi connectivity index (χ4n) is 2.25. The zero-order valence-corrected chi connectivity index (χ0v) is 11.3. The standard InChI is InChI=1S/C14H16N2OS/c1-9-12(10(2)17)13(16-14(18)15-9)11-7-5-3-4-6-8-11/h3-7,13H,8H2,1-2H3,(H2,15,16,18). The largest absolute Gasteiger partial charge is 0.352 e. The Morgan fingerprint density at radius 1 is 1.39 bits per heavy atom. The van der Waals surface area contributed by atoms with Crippen molar-refractivity contribution in [3.63, 3.8) is 0 Å². The first-order chi connectivity index (χ1) is 8.59. The smallest absolute Gasteiger partial charge is 0.171 e. The normalized spacial score (nSPS) is 23.1. The first kappa shape index (κ1) is 12.8.